The molecule has 0 spiro atoms. The van der Waals surface area contributed by atoms with Crippen molar-refractivity contribution in [3.05, 3.63) is 23.8 Å². The Morgan fingerprint density at radius 1 is 1.07 bits per heavy atom. The molecule has 28 heavy (non-hydrogen) atoms. The van der Waals surface area contributed by atoms with Crippen molar-refractivity contribution < 1.29 is 17.9 Å². The Morgan fingerprint density at radius 3 is 2.32 bits per heavy atom. The molecule has 1 aromatic carbocycles. The number of hydrogen-bond acceptors (Lipinski definition) is 5. The molecule has 0 aliphatic carbocycles. The van der Waals surface area contributed by atoms with Crippen LogP contribution in [0.1, 0.15) is 48.9 Å². The summed E-state index contributed by atoms with van der Waals surface area (Å²) < 4.78 is 33.0. The average Bonchev–Trinajstić information content (AvgIpc) is 2.99. The molecule has 0 unspecified atom stereocenters. The van der Waals surface area contributed by atoms with Gasteiger partial charge in [-0.2, -0.15) is 4.31 Å². The van der Waals surface area contributed by atoms with Crippen LogP contribution in [0.5, 0.6) is 5.75 Å². The maximum atomic E-state index is 13.1. The SMILES string of the molecule is COc1ccc(S(=O)(=O)N2CCCCCC2)cc1C(=O)NC1CCN(C)CC1. The first-order chi connectivity index (χ1) is 13.4. The lowest BCUT2D eigenvalue weighted by atomic mass is 10.0. The quantitative estimate of drug-likeness (QED) is 0.806. The first-order valence-electron chi connectivity index (χ1n) is 10.1. The maximum Gasteiger partial charge on any atom is 0.255 e. The Hall–Kier alpha value is -1.64. The van der Waals surface area contributed by atoms with Crippen molar-refractivity contribution in [1.82, 2.24) is 14.5 Å². The van der Waals surface area contributed by atoms with Gasteiger partial charge in [0.1, 0.15) is 5.75 Å². The van der Waals surface area contributed by atoms with Crippen molar-refractivity contribution in [2.75, 3.05) is 40.3 Å². The topological polar surface area (TPSA) is 79.0 Å². The van der Waals surface area contributed by atoms with Gasteiger partial charge in [-0.25, -0.2) is 8.42 Å². The van der Waals surface area contributed by atoms with Crippen LogP contribution in [0.15, 0.2) is 23.1 Å². The largest absolute Gasteiger partial charge is 0.496 e. The monoisotopic (exact) mass is 409 g/mol. The molecule has 2 saturated heterocycles. The highest BCUT2D eigenvalue weighted by atomic mass is 32.2. The van der Waals surface area contributed by atoms with E-state index < -0.39 is 10.0 Å². The molecule has 7 nitrogen and oxygen atoms in total. The number of methoxy groups -OCH3 is 1. The van der Waals surface area contributed by atoms with Crippen molar-refractivity contribution >= 4 is 15.9 Å². The van der Waals surface area contributed by atoms with Crippen LogP contribution in [0.25, 0.3) is 0 Å². The maximum absolute atomic E-state index is 13.1. The fourth-order valence-corrected chi connectivity index (χ4v) is 5.42. The van der Waals surface area contributed by atoms with Crippen molar-refractivity contribution in [3.8, 4) is 5.75 Å². The second-order valence-corrected chi connectivity index (χ2v) is 9.67. The predicted molar refractivity (Wildman–Crippen MR) is 108 cm³/mol. The lowest BCUT2D eigenvalue weighted by Gasteiger charge is -2.29. The van der Waals surface area contributed by atoms with Crippen LogP contribution in [-0.2, 0) is 10.0 Å². The van der Waals surface area contributed by atoms with E-state index in [2.05, 4.69) is 17.3 Å². The van der Waals surface area contributed by atoms with E-state index in [1.54, 1.807) is 10.4 Å². The third kappa shape index (κ3) is 4.85. The van der Waals surface area contributed by atoms with E-state index in [-0.39, 0.29) is 22.4 Å². The van der Waals surface area contributed by atoms with E-state index in [1.807, 2.05) is 0 Å². The minimum absolute atomic E-state index is 0.0966. The van der Waals surface area contributed by atoms with Crippen molar-refractivity contribution in [2.45, 2.75) is 49.5 Å². The minimum atomic E-state index is -3.62. The van der Waals surface area contributed by atoms with E-state index in [0.29, 0.717) is 18.8 Å². The molecule has 1 N–H and O–H groups in total. The van der Waals surface area contributed by atoms with Gasteiger partial charge in [0, 0.05) is 19.1 Å². The zero-order chi connectivity index (χ0) is 20.1. The van der Waals surface area contributed by atoms with Crippen LogP contribution in [0, 0.1) is 0 Å². The molecule has 0 aromatic heterocycles. The third-order valence-electron chi connectivity index (χ3n) is 5.67. The summed E-state index contributed by atoms with van der Waals surface area (Å²) in [6, 6.07) is 4.67. The molecular weight excluding hydrogens is 378 g/mol. The minimum Gasteiger partial charge on any atom is -0.496 e. The van der Waals surface area contributed by atoms with Gasteiger partial charge >= 0.3 is 0 Å². The van der Waals surface area contributed by atoms with Crippen molar-refractivity contribution in [2.24, 2.45) is 0 Å². The third-order valence-corrected chi connectivity index (χ3v) is 7.57. The van der Waals surface area contributed by atoms with Gasteiger partial charge in [-0.3, -0.25) is 4.79 Å². The fourth-order valence-electron chi connectivity index (χ4n) is 3.87. The van der Waals surface area contributed by atoms with Gasteiger partial charge in [0.05, 0.1) is 17.6 Å². The Balaban J connectivity index is 1.82. The van der Waals surface area contributed by atoms with Crippen LogP contribution in [0.2, 0.25) is 0 Å². The highest BCUT2D eigenvalue weighted by molar-refractivity contribution is 7.89. The summed E-state index contributed by atoms with van der Waals surface area (Å²) in [6.07, 6.45) is 5.63. The number of nitrogens with one attached hydrogen (secondary N) is 1. The standard InChI is InChI=1S/C20H31N3O4S/c1-22-13-9-16(10-14-22)21-20(24)18-15-17(7-8-19(18)27-2)28(25,26)23-11-5-3-4-6-12-23/h7-8,15-16H,3-6,9-14H2,1-2H3,(H,21,24). The number of hydrogen-bond donors (Lipinski definition) is 1. The number of nitrogens with zero attached hydrogens (tertiary/aromatic N) is 2. The highest BCUT2D eigenvalue weighted by Crippen LogP contribution is 2.26. The molecule has 0 radical (unpaired) electrons. The molecule has 1 aromatic rings. The summed E-state index contributed by atoms with van der Waals surface area (Å²) in [6.45, 7) is 2.94. The normalized spacial score (nSPS) is 20.5. The lowest BCUT2D eigenvalue weighted by Crippen LogP contribution is -2.43. The van der Waals surface area contributed by atoms with Gasteiger partial charge in [0.25, 0.3) is 5.91 Å². The number of sulfonamides is 1. The molecule has 0 atom stereocenters. The lowest BCUT2D eigenvalue weighted by molar-refractivity contribution is 0.0913. The average molecular weight is 410 g/mol. The Labute approximate surface area is 168 Å². The van der Waals surface area contributed by atoms with Crippen molar-refractivity contribution in [3.63, 3.8) is 0 Å². The summed E-state index contributed by atoms with van der Waals surface area (Å²) in [4.78, 5) is 15.3. The summed E-state index contributed by atoms with van der Waals surface area (Å²) in [5.74, 6) is 0.111. The molecular formula is C20H31N3O4S. The van der Waals surface area contributed by atoms with E-state index in [0.717, 1.165) is 51.6 Å². The Bertz CT molecular complexity index is 781. The molecule has 1 amide bonds. The van der Waals surface area contributed by atoms with Gasteiger partial charge in [-0.1, -0.05) is 12.8 Å². The van der Waals surface area contributed by atoms with E-state index in [1.165, 1.54) is 19.2 Å². The van der Waals surface area contributed by atoms with Crippen molar-refractivity contribution in [1.29, 1.82) is 0 Å². The predicted octanol–water partition coefficient (Wildman–Crippen LogP) is 2.08. The zero-order valence-electron chi connectivity index (χ0n) is 16.8. The molecule has 0 saturated carbocycles. The number of piperidine rings is 1. The summed E-state index contributed by atoms with van der Waals surface area (Å²) in [7, 11) is -0.0572. The Kier molecular flexibility index (Phi) is 6.95. The second kappa shape index (κ2) is 9.24. The molecule has 8 heteroatoms. The molecule has 2 heterocycles. The second-order valence-electron chi connectivity index (χ2n) is 7.73. The van der Waals surface area contributed by atoms with Crippen LogP contribution in [0.4, 0.5) is 0 Å². The smallest absolute Gasteiger partial charge is 0.255 e. The highest BCUT2D eigenvalue weighted by Gasteiger charge is 2.28. The summed E-state index contributed by atoms with van der Waals surface area (Å²) >= 11 is 0. The summed E-state index contributed by atoms with van der Waals surface area (Å²) in [5.41, 5.74) is 0.275. The first-order valence-corrected chi connectivity index (χ1v) is 11.5. The molecule has 2 aliphatic rings. The molecule has 2 fully saturated rings. The van der Waals surface area contributed by atoms with E-state index in [9.17, 15) is 13.2 Å². The van der Waals surface area contributed by atoms with Crippen LogP contribution >= 0.6 is 0 Å². The number of amides is 1. The first kappa shape index (κ1) is 21.1. The van der Waals surface area contributed by atoms with Crippen LogP contribution < -0.4 is 10.1 Å². The van der Waals surface area contributed by atoms with Gasteiger partial charge in [-0.15, -0.1) is 0 Å². The fraction of sp³-hybridized carbons (Fsp3) is 0.650. The number of benzene rings is 1. The van der Waals surface area contributed by atoms with E-state index in [4.69, 9.17) is 4.74 Å². The number of ether oxygens (including phenoxy) is 1. The zero-order valence-corrected chi connectivity index (χ0v) is 17.6. The number of carbonyl (C=O) groups excluding carboxylic acids is 1. The number of likely N-dealkylation sites (tertiary alicyclic amines) is 1. The number of rotatable bonds is 5. The number of carbonyl (C=O) groups is 1. The van der Waals surface area contributed by atoms with E-state index >= 15 is 0 Å². The molecule has 2 aliphatic heterocycles. The van der Waals surface area contributed by atoms with Crippen LogP contribution in [-0.4, -0.2) is 69.9 Å². The van der Waals surface area contributed by atoms with Gasteiger partial charge in [0.15, 0.2) is 0 Å². The summed E-state index contributed by atoms with van der Waals surface area (Å²) in [5, 5.41) is 3.04. The van der Waals surface area contributed by atoms with Gasteiger partial charge in [-0.05, 0) is 64.0 Å². The molecule has 0 bridgehead atoms. The van der Waals surface area contributed by atoms with Gasteiger partial charge in [0.2, 0.25) is 10.0 Å². The molecule has 156 valence electrons. The molecule has 3 rings (SSSR count). The van der Waals surface area contributed by atoms with Gasteiger partial charge < -0.3 is 15.0 Å². The Morgan fingerprint density at radius 2 is 1.71 bits per heavy atom. The van der Waals surface area contributed by atoms with Crippen LogP contribution in [0.3, 0.4) is 0 Å².